The molecule has 2 unspecified atom stereocenters. The minimum Gasteiger partial charge on any atom is -0.0757 e. The smallest absolute Gasteiger partial charge is 0.0285 e. The van der Waals surface area contributed by atoms with Crippen molar-refractivity contribution in [3.8, 4) is 11.1 Å². The molecule has 116 valence electrons. The van der Waals surface area contributed by atoms with Crippen molar-refractivity contribution < 1.29 is 0 Å². The van der Waals surface area contributed by atoms with Crippen molar-refractivity contribution >= 4 is 0 Å². The van der Waals surface area contributed by atoms with E-state index in [0.717, 1.165) is 0 Å². The average Bonchev–Trinajstić information content (AvgIpc) is 2.93. The van der Waals surface area contributed by atoms with Crippen molar-refractivity contribution in [2.24, 2.45) is 0 Å². The number of hydrogen-bond acceptors (Lipinski definition) is 0. The molecule has 0 heterocycles. The maximum Gasteiger partial charge on any atom is 0.0285 e. The lowest BCUT2D eigenvalue weighted by Crippen LogP contribution is -2.11. The van der Waals surface area contributed by atoms with Gasteiger partial charge in [-0.15, -0.1) is 0 Å². The SMILES string of the molecule is Cc1ccc2c(c1)C1C=CC(c3ccccc3)c3c(C)ccc-2c31. The molecular weight excluding hydrogens is 288 g/mol. The van der Waals surface area contributed by atoms with E-state index in [1.165, 1.54) is 44.5 Å². The van der Waals surface area contributed by atoms with Crippen molar-refractivity contribution in [1.29, 1.82) is 0 Å². The van der Waals surface area contributed by atoms with Gasteiger partial charge in [0.15, 0.2) is 0 Å². The summed E-state index contributed by atoms with van der Waals surface area (Å²) in [5, 5.41) is 0. The van der Waals surface area contributed by atoms with Gasteiger partial charge in [0.05, 0.1) is 0 Å². The number of hydrogen-bond donors (Lipinski definition) is 0. The number of aryl methyl sites for hydroxylation is 2. The minimum absolute atomic E-state index is 0.368. The summed E-state index contributed by atoms with van der Waals surface area (Å²) >= 11 is 0. The molecule has 24 heavy (non-hydrogen) atoms. The number of benzene rings is 3. The Morgan fingerprint density at radius 1 is 0.667 bits per heavy atom. The van der Waals surface area contributed by atoms with Crippen molar-refractivity contribution in [1.82, 2.24) is 0 Å². The normalized spacial score (nSPS) is 19.9. The zero-order valence-electron chi connectivity index (χ0n) is 14.1. The van der Waals surface area contributed by atoms with Crippen molar-refractivity contribution in [2.75, 3.05) is 0 Å². The Bertz CT molecular complexity index is 976. The Morgan fingerprint density at radius 2 is 1.42 bits per heavy atom. The molecule has 0 N–H and O–H groups in total. The van der Waals surface area contributed by atoms with Gasteiger partial charge in [0, 0.05) is 11.8 Å². The van der Waals surface area contributed by atoms with E-state index in [-0.39, 0.29) is 0 Å². The third-order valence-corrected chi connectivity index (χ3v) is 5.61. The fourth-order valence-electron chi connectivity index (χ4n) is 4.52. The van der Waals surface area contributed by atoms with E-state index in [0.29, 0.717) is 11.8 Å². The predicted molar refractivity (Wildman–Crippen MR) is 101 cm³/mol. The Morgan fingerprint density at radius 3 is 2.25 bits per heavy atom. The molecule has 0 nitrogen and oxygen atoms in total. The topological polar surface area (TPSA) is 0 Å². The van der Waals surface area contributed by atoms with E-state index < -0.39 is 0 Å². The summed E-state index contributed by atoms with van der Waals surface area (Å²) in [6, 6.07) is 22.4. The van der Waals surface area contributed by atoms with Gasteiger partial charge in [0.1, 0.15) is 0 Å². The summed E-state index contributed by atoms with van der Waals surface area (Å²) in [6.07, 6.45) is 4.84. The van der Waals surface area contributed by atoms with Gasteiger partial charge in [0.25, 0.3) is 0 Å². The van der Waals surface area contributed by atoms with Gasteiger partial charge in [-0.05, 0) is 52.8 Å². The van der Waals surface area contributed by atoms with Crippen molar-refractivity contribution in [3.05, 3.63) is 106 Å². The van der Waals surface area contributed by atoms with Crippen LogP contribution in [0.15, 0.2) is 72.8 Å². The van der Waals surface area contributed by atoms with Crippen LogP contribution in [0.4, 0.5) is 0 Å². The fourth-order valence-corrected chi connectivity index (χ4v) is 4.52. The second kappa shape index (κ2) is 4.95. The zero-order valence-corrected chi connectivity index (χ0v) is 14.1. The quantitative estimate of drug-likeness (QED) is 0.475. The van der Waals surface area contributed by atoms with Crippen LogP contribution < -0.4 is 0 Å². The number of rotatable bonds is 1. The molecule has 0 heteroatoms. The lowest BCUT2D eigenvalue weighted by molar-refractivity contribution is 0.895. The first-order valence-corrected chi connectivity index (χ1v) is 8.71. The largest absolute Gasteiger partial charge is 0.0757 e. The second-order valence-electron chi connectivity index (χ2n) is 7.10. The number of allylic oxidation sites excluding steroid dienone is 2. The summed E-state index contributed by atoms with van der Waals surface area (Å²) in [6.45, 7) is 4.45. The molecule has 0 bridgehead atoms. The molecule has 3 aromatic carbocycles. The Hall–Kier alpha value is -2.60. The fraction of sp³-hybridized carbons (Fsp3) is 0.167. The van der Waals surface area contributed by atoms with Crippen molar-refractivity contribution in [3.63, 3.8) is 0 Å². The van der Waals surface area contributed by atoms with Crippen LogP contribution in [0.25, 0.3) is 11.1 Å². The lowest BCUT2D eigenvalue weighted by Gasteiger charge is -2.27. The minimum atomic E-state index is 0.368. The predicted octanol–water partition coefficient (Wildman–Crippen LogP) is 6.12. The van der Waals surface area contributed by atoms with Crippen LogP contribution in [0, 0.1) is 13.8 Å². The molecule has 2 atom stereocenters. The molecule has 0 aliphatic heterocycles. The first kappa shape index (κ1) is 13.8. The first-order valence-electron chi connectivity index (χ1n) is 8.71. The highest BCUT2D eigenvalue weighted by atomic mass is 14.4. The highest BCUT2D eigenvalue weighted by Gasteiger charge is 2.34. The molecule has 0 spiro atoms. The summed E-state index contributed by atoms with van der Waals surface area (Å²) in [5.41, 5.74) is 11.5. The molecule has 0 amide bonds. The van der Waals surface area contributed by atoms with Crippen LogP contribution in [0.1, 0.15) is 45.2 Å². The highest BCUT2D eigenvalue weighted by molar-refractivity contribution is 5.83. The van der Waals surface area contributed by atoms with Gasteiger partial charge in [-0.3, -0.25) is 0 Å². The van der Waals surface area contributed by atoms with E-state index in [2.05, 4.69) is 86.7 Å². The van der Waals surface area contributed by atoms with Crippen LogP contribution >= 0.6 is 0 Å². The van der Waals surface area contributed by atoms with E-state index >= 15 is 0 Å². The summed E-state index contributed by atoms with van der Waals surface area (Å²) < 4.78 is 0. The Labute approximate surface area is 143 Å². The second-order valence-corrected chi connectivity index (χ2v) is 7.10. The summed E-state index contributed by atoms with van der Waals surface area (Å²) in [4.78, 5) is 0. The van der Waals surface area contributed by atoms with E-state index in [1.54, 1.807) is 0 Å². The molecule has 3 aromatic rings. The van der Waals surface area contributed by atoms with Crippen molar-refractivity contribution in [2.45, 2.75) is 25.7 Å². The van der Waals surface area contributed by atoms with Gasteiger partial charge in [-0.2, -0.15) is 0 Å². The Kier molecular flexibility index (Phi) is 2.84. The van der Waals surface area contributed by atoms with Crippen LogP contribution in [-0.4, -0.2) is 0 Å². The van der Waals surface area contributed by atoms with Gasteiger partial charge >= 0.3 is 0 Å². The van der Waals surface area contributed by atoms with Gasteiger partial charge in [-0.25, -0.2) is 0 Å². The molecule has 2 aliphatic rings. The molecular formula is C24H20. The maximum absolute atomic E-state index is 2.42. The van der Waals surface area contributed by atoms with E-state index in [4.69, 9.17) is 0 Å². The molecule has 2 aliphatic carbocycles. The van der Waals surface area contributed by atoms with Crippen LogP contribution in [0.2, 0.25) is 0 Å². The lowest BCUT2D eigenvalue weighted by atomic mass is 9.76. The van der Waals surface area contributed by atoms with E-state index in [9.17, 15) is 0 Å². The van der Waals surface area contributed by atoms with Crippen LogP contribution in [0.5, 0.6) is 0 Å². The maximum atomic E-state index is 2.42. The standard InChI is InChI=1S/C24H20/c1-15-8-10-19-20-11-9-16(2)23-18(17-6-4-3-5-7-17)12-13-21(24(20)23)22(19)14-15/h3-14,18,21H,1-2H3. The molecule has 0 aromatic heterocycles. The number of fused-ring (bicyclic) bond motifs is 3. The molecule has 5 rings (SSSR count). The first-order chi connectivity index (χ1) is 11.7. The van der Waals surface area contributed by atoms with Crippen LogP contribution in [0.3, 0.4) is 0 Å². The van der Waals surface area contributed by atoms with Crippen LogP contribution in [-0.2, 0) is 0 Å². The van der Waals surface area contributed by atoms with Gasteiger partial charge < -0.3 is 0 Å². The third kappa shape index (κ3) is 1.80. The Balaban J connectivity index is 1.79. The van der Waals surface area contributed by atoms with Gasteiger partial charge in [-0.1, -0.05) is 78.4 Å². The highest BCUT2D eigenvalue weighted by Crippen LogP contribution is 2.52. The summed E-state index contributed by atoms with van der Waals surface area (Å²) in [7, 11) is 0. The molecule has 0 saturated heterocycles. The monoisotopic (exact) mass is 308 g/mol. The molecule has 0 radical (unpaired) electrons. The van der Waals surface area contributed by atoms with Gasteiger partial charge in [0.2, 0.25) is 0 Å². The average molecular weight is 308 g/mol. The third-order valence-electron chi connectivity index (χ3n) is 5.61. The summed E-state index contributed by atoms with van der Waals surface area (Å²) in [5.74, 6) is 0.789. The van der Waals surface area contributed by atoms with E-state index in [1.807, 2.05) is 0 Å². The molecule has 0 saturated carbocycles. The zero-order chi connectivity index (χ0) is 16.3. The molecule has 0 fully saturated rings.